The summed E-state index contributed by atoms with van der Waals surface area (Å²) in [6, 6.07) is 5.29. The first kappa shape index (κ1) is 13.1. The topological polar surface area (TPSA) is 26.3 Å². The summed E-state index contributed by atoms with van der Waals surface area (Å²) >= 11 is 11.9. The van der Waals surface area contributed by atoms with E-state index in [2.05, 4.69) is 0 Å². The largest absolute Gasteiger partial charge is 0.463 e. The van der Waals surface area contributed by atoms with Gasteiger partial charge in [0, 0.05) is 6.08 Å². The van der Waals surface area contributed by atoms with Crippen molar-refractivity contribution in [3.63, 3.8) is 0 Å². The van der Waals surface area contributed by atoms with Gasteiger partial charge in [-0.1, -0.05) is 35.3 Å². The molecule has 0 fully saturated rings. The Kier molecular flexibility index (Phi) is 4.84. The second-order valence-corrected chi connectivity index (χ2v) is 3.97. The van der Waals surface area contributed by atoms with E-state index in [1.807, 2.05) is 0 Å². The van der Waals surface area contributed by atoms with Gasteiger partial charge in [-0.2, -0.15) is 0 Å². The molecule has 0 saturated heterocycles. The molecule has 0 unspecified atom stereocenters. The van der Waals surface area contributed by atoms with E-state index in [0.29, 0.717) is 16.7 Å². The molecule has 16 heavy (non-hydrogen) atoms. The maximum absolute atomic E-state index is 11.2. The Morgan fingerprint density at radius 3 is 2.75 bits per heavy atom. The highest BCUT2D eigenvalue weighted by Gasteiger charge is 2.07. The van der Waals surface area contributed by atoms with Gasteiger partial charge in [-0.15, -0.1) is 0 Å². The Balaban J connectivity index is 3.00. The maximum atomic E-state index is 11.2. The Morgan fingerprint density at radius 1 is 1.44 bits per heavy atom. The van der Waals surface area contributed by atoms with E-state index in [-0.39, 0.29) is 5.97 Å². The minimum Gasteiger partial charge on any atom is -0.463 e. The Morgan fingerprint density at radius 2 is 2.12 bits per heavy atom. The normalized spacial score (nSPS) is 11.4. The zero-order valence-electron chi connectivity index (χ0n) is 9.09. The van der Waals surface area contributed by atoms with E-state index in [0.717, 1.165) is 11.1 Å². The summed E-state index contributed by atoms with van der Waals surface area (Å²) in [4.78, 5) is 11.2. The number of benzene rings is 1. The number of rotatable bonds is 3. The molecule has 0 spiro atoms. The van der Waals surface area contributed by atoms with E-state index >= 15 is 0 Å². The van der Waals surface area contributed by atoms with Crippen LogP contribution in [0.15, 0.2) is 24.3 Å². The van der Waals surface area contributed by atoms with Crippen molar-refractivity contribution in [1.29, 1.82) is 0 Å². The van der Waals surface area contributed by atoms with Crippen molar-refractivity contribution >= 4 is 34.7 Å². The van der Waals surface area contributed by atoms with Crippen LogP contribution in [-0.4, -0.2) is 12.6 Å². The first-order valence-corrected chi connectivity index (χ1v) is 5.61. The quantitative estimate of drug-likeness (QED) is 0.606. The SMILES string of the molecule is CCOC(=O)/C=C(\C)c1cccc(Cl)c1Cl. The summed E-state index contributed by atoms with van der Waals surface area (Å²) in [5, 5.41) is 0.915. The zero-order chi connectivity index (χ0) is 12.1. The average molecular weight is 259 g/mol. The summed E-state index contributed by atoms with van der Waals surface area (Å²) < 4.78 is 4.81. The van der Waals surface area contributed by atoms with Gasteiger partial charge in [-0.25, -0.2) is 4.79 Å². The van der Waals surface area contributed by atoms with Crippen molar-refractivity contribution in [1.82, 2.24) is 0 Å². The molecule has 1 aromatic carbocycles. The molecule has 0 aliphatic heterocycles. The molecule has 0 saturated carbocycles. The molecule has 0 heterocycles. The highest BCUT2D eigenvalue weighted by atomic mass is 35.5. The van der Waals surface area contributed by atoms with E-state index in [1.165, 1.54) is 6.08 Å². The van der Waals surface area contributed by atoms with Crippen molar-refractivity contribution in [2.75, 3.05) is 6.61 Å². The van der Waals surface area contributed by atoms with Crippen molar-refractivity contribution < 1.29 is 9.53 Å². The van der Waals surface area contributed by atoms with Gasteiger partial charge in [0.2, 0.25) is 0 Å². The zero-order valence-corrected chi connectivity index (χ0v) is 10.6. The molecule has 4 heteroatoms. The van der Waals surface area contributed by atoms with Crippen molar-refractivity contribution in [3.05, 3.63) is 39.9 Å². The van der Waals surface area contributed by atoms with Crippen LogP contribution in [0, 0.1) is 0 Å². The molecule has 0 radical (unpaired) electrons. The molecule has 2 nitrogen and oxygen atoms in total. The molecule has 0 atom stereocenters. The minimum absolute atomic E-state index is 0.353. The van der Waals surface area contributed by atoms with E-state index in [1.54, 1.807) is 32.0 Å². The van der Waals surface area contributed by atoms with E-state index in [9.17, 15) is 4.79 Å². The number of carbonyl (C=O) groups excluding carboxylic acids is 1. The van der Waals surface area contributed by atoms with Gasteiger partial charge in [0.25, 0.3) is 0 Å². The fourth-order valence-electron chi connectivity index (χ4n) is 1.25. The van der Waals surface area contributed by atoms with E-state index < -0.39 is 0 Å². The van der Waals surface area contributed by atoms with Crippen LogP contribution in [0.2, 0.25) is 10.0 Å². The first-order chi connectivity index (χ1) is 7.56. The van der Waals surface area contributed by atoms with Crippen LogP contribution < -0.4 is 0 Å². The standard InChI is InChI=1S/C12H12Cl2O2/c1-3-16-11(15)7-8(2)9-5-4-6-10(13)12(9)14/h4-7H,3H2,1-2H3/b8-7+. The predicted molar refractivity (Wildman–Crippen MR) is 66.7 cm³/mol. The third kappa shape index (κ3) is 3.26. The van der Waals surface area contributed by atoms with Crippen LogP contribution in [0.5, 0.6) is 0 Å². The second-order valence-electron chi connectivity index (χ2n) is 3.18. The molecule has 0 amide bonds. The Labute approximate surface area is 105 Å². The third-order valence-electron chi connectivity index (χ3n) is 2.00. The molecule has 0 aromatic heterocycles. The summed E-state index contributed by atoms with van der Waals surface area (Å²) in [5.74, 6) is -0.379. The first-order valence-electron chi connectivity index (χ1n) is 4.85. The van der Waals surface area contributed by atoms with Gasteiger partial charge in [0.05, 0.1) is 16.7 Å². The van der Waals surface area contributed by atoms with Crippen molar-refractivity contribution in [2.45, 2.75) is 13.8 Å². The number of halogens is 2. The van der Waals surface area contributed by atoms with Gasteiger partial charge >= 0.3 is 5.97 Å². The predicted octanol–water partition coefficient (Wildman–Crippen LogP) is 3.96. The Bertz CT molecular complexity index is 425. The number of allylic oxidation sites excluding steroid dienone is 1. The fourth-order valence-corrected chi connectivity index (χ4v) is 1.70. The number of hydrogen-bond donors (Lipinski definition) is 0. The third-order valence-corrected chi connectivity index (χ3v) is 2.82. The van der Waals surface area contributed by atoms with E-state index in [4.69, 9.17) is 27.9 Å². The lowest BCUT2D eigenvalue weighted by Crippen LogP contribution is -2.00. The van der Waals surface area contributed by atoms with Gasteiger partial charge in [-0.05, 0) is 31.1 Å². The smallest absolute Gasteiger partial charge is 0.331 e. The van der Waals surface area contributed by atoms with Crippen LogP contribution in [-0.2, 0) is 9.53 Å². The molecular weight excluding hydrogens is 247 g/mol. The maximum Gasteiger partial charge on any atom is 0.331 e. The van der Waals surface area contributed by atoms with Crippen molar-refractivity contribution in [2.24, 2.45) is 0 Å². The number of esters is 1. The lowest BCUT2D eigenvalue weighted by atomic mass is 10.1. The molecule has 0 N–H and O–H groups in total. The minimum atomic E-state index is -0.379. The lowest BCUT2D eigenvalue weighted by Gasteiger charge is -2.05. The van der Waals surface area contributed by atoms with Gasteiger partial charge in [0.1, 0.15) is 0 Å². The summed E-state index contributed by atoms with van der Waals surface area (Å²) in [6.45, 7) is 3.90. The molecule has 1 aromatic rings. The fraction of sp³-hybridized carbons (Fsp3) is 0.250. The summed E-state index contributed by atoms with van der Waals surface area (Å²) in [7, 11) is 0. The number of hydrogen-bond acceptors (Lipinski definition) is 2. The molecule has 1 rings (SSSR count). The van der Waals surface area contributed by atoms with Crippen molar-refractivity contribution in [3.8, 4) is 0 Å². The molecule has 0 aliphatic carbocycles. The lowest BCUT2D eigenvalue weighted by molar-refractivity contribution is -0.137. The second kappa shape index (κ2) is 5.92. The highest BCUT2D eigenvalue weighted by molar-refractivity contribution is 6.43. The molecular formula is C12H12Cl2O2. The Hall–Kier alpha value is -0.990. The highest BCUT2D eigenvalue weighted by Crippen LogP contribution is 2.30. The van der Waals surface area contributed by atoms with Crippen LogP contribution in [0.25, 0.3) is 5.57 Å². The number of ether oxygens (including phenoxy) is 1. The molecule has 0 bridgehead atoms. The van der Waals surface area contributed by atoms with Gasteiger partial charge in [-0.3, -0.25) is 0 Å². The van der Waals surface area contributed by atoms with Gasteiger partial charge < -0.3 is 4.74 Å². The van der Waals surface area contributed by atoms with Crippen LogP contribution in [0.1, 0.15) is 19.4 Å². The summed E-state index contributed by atoms with van der Waals surface area (Å²) in [6.07, 6.45) is 1.40. The molecule has 86 valence electrons. The van der Waals surface area contributed by atoms with Crippen LogP contribution in [0.3, 0.4) is 0 Å². The van der Waals surface area contributed by atoms with Gasteiger partial charge in [0.15, 0.2) is 0 Å². The average Bonchev–Trinajstić information content (AvgIpc) is 2.22. The van der Waals surface area contributed by atoms with Crippen LogP contribution in [0.4, 0.5) is 0 Å². The summed E-state index contributed by atoms with van der Waals surface area (Å²) in [5.41, 5.74) is 1.47. The van der Waals surface area contributed by atoms with Crippen LogP contribution >= 0.6 is 23.2 Å². The monoisotopic (exact) mass is 258 g/mol. The molecule has 0 aliphatic rings. The number of carbonyl (C=O) groups is 1.